The van der Waals surface area contributed by atoms with E-state index in [0.29, 0.717) is 17.8 Å². The fourth-order valence-corrected chi connectivity index (χ4v) is 2.51. The van der Waals surface area contributed by atoms with Gasteiger partial charge >= 0.3 is 0 Å². The Bertz CT molecular complexity index is 638. The molecule has 21 heavy (non-hydrogen) atoms. The fourth-order valence-electron chi connectivity index (χ4n) is 2.15. The molecule has 0 aliphatic heterocycles. The molecular weight excluding hydrogens is 328 g/mol. The number of hydrogen-bond donors (Lipinski definition) is 1. The molecule has 0 aliphatic carbocycles. The van der Waals surface area contributed by atoms with Crippen molar-refractivity contribution in [2.24, 2.45) is 0 Å². The van der Waals surface area contributed by atoms with Crippen molar-refractivity contribution >= 4 is 27.5 Å². The smallest absolute Gasteiger partial charge is 0.256 e. The fraction of sp³-hybridized carbons (Fsp3) is 0.235. The van der Waals surface area contributed by atoms with E-state index in [2.05, 4.69) is 47.1 Å². The van der Waals surface area contributed by atoms with Crippen molar-refractivity contribution in [1.29, 1.82) is 0 Å². The van der Waals surface area contributed by atoms with Crippen LogP contribution in [0.4, 0.5) is 5.69 Å². The summed E-state index contributed by atoms with van der Waals surface area (Å²) >= 11 is 3.37. The number of benzene rings is 2. The number of amides is 1. The number of nitrogen functional groups attached to an aromatic ring is 1. The number of halogens is 1. The predicted octanol–water partition coefficient (Wildman–Crippen LogP) is 3.87. The van der Waals surface area contributed by atoms with E-state index in [1.807, 2.05) is 6.07 Å². The Hall–Kier alpha value is -1.81. The lowest BCUT2D eigenvalue weighted by Gasteiger charge is -2.18. The lowest BCUT2D eigenvalue weighted by Crippen LogP contribution is -2.27. The maximum atomic E-state index is 12.5. The van der Waals surface area contributed by atoms with Crippen LogP contribution in [0.25, 0.3) is 0 Å². The van der Waals surface area contributed by atoms with E-state index < -0.39 is 0 Å². The lowest BCUT2D eigenvalue weighted by molar-refractivity contribution is 0.0786. The molecule has 0 bridgehead atoms. The highest BCUT2D eigenvalue weighted by Gasteiger charge is 2.15. The summed E-state index contributed by atoms with van der Waals surface area (Å²) in [7, 11) is 1.79. The van der Waals surface area contributed by atoms with Gasteiger partial charge < -0.3 is 10.6 Å². The number of hydrogen-bond acceptors (Lipinski definition) is 2. The highest BCUT2D eigenvalue weighted by molar-refractivity contribution is 9.10. The van der Waals surface area contributed by atoms with Crippen molar-refractivity contribution in [2.75, 3.05) is 12.8 Å². The van der Waals surface area contributed by atoms with Crippen LogP contribution >= 0.6 is 15.9 Å². The molecule has 0 atom stereocenters. The third kappa shape index (κ3) is 3.85. The highest BCUT2D eigenvalue weighted by atomic mass is 79.9. The summed E-state index contributed by atoms with van der Waals surface area (Å²) < 4.78 is 0.848. The van der Waals surface area contributed by atoms with E-state index in [0.717, 1.165) is 16.5 Å². The molecule has 110 valence electrons. The standard InChI is InChI=1S/C17H19BrN2O/c1-3-12-4-6-13(7-5-12)11-20(2)17(21)15-10-14(18)8-9-16(15)19/h4-10H,3,11,19H2,1-2H3. The van der Waals surface area contributed by atoms with Gasteiger partial charge in [-0.1, -0.05) is 47.1 Å². The van der Waals surface area contributed by atoms with Crippen molar-refractivity contribution in [3.63, 3.8) is 0 Å². The minimum Gasteiger partial charge on any atom is -0.398 e. The molecule has 0 fully saturated rings. The molecule has 0 saturated carbocycles. The van der Waals surface area contributed by atoms with Gasteiger partial charge in [-0.15, -0.1) is 0 Å². The first-order valence-corrected chi connectivity index (χ1v) is 7.69. The largest absolute Gasteiger partial charge is 0.398 e. The van der Waals surface area contributed by atoms with Crippen LogP contribution in [0.2, 0.25) is 0 Å². The maximum Gasteiger partial charge on any atom is 0.256 e. The normalized spacial score (nSPS) is 10.4. The number of aryl methyl sites for hydroxylation is 1. The maximum absolute atomic E-state index is 12.5. The van der Waals surface area contributed by atoms with Gasteiger partial charge in [-0.3, -0.25) is 4.79 Å². The molecule has 4 heteroatoms. The number of nitrogens with two attached hydrogens (primary N) is 1. The highest BCUT2D eigenvalue weighted by Crippen LogP contribution is 2.20. The first-order chi connectivity index (χ1) is 10.0. The van der Waals surface area contributed by atoms with Gasteiger partial charge in [-0.2, -0.15) is 0 Å². The molecule has 0 unspecified atom stereocenters. The Morgan fingerprint density at radius 2 is 1.76 bits per heavy atom. The minimum absolute atomic E-state index is 0.0756. The molecule has 0 aliphatic rings. The van der Waals surface area contributed by atoms with Crippen LogP contribution in [0.15, 0.2) is 46.9 Å². The molecule has 2 aromatic carbocycles. The summed E-state index contributed by atoms with van der Waals surface area (Å²) in [6, 6.07) is 13.6. The SMILES string of the molecule is CCc1ccc(CN(C)C(=O)c2cc(Br)ccc2N)cc1. The molecule has 0 radical (unpaired) electrons. The van der Waals surface area contributed by atoms with Crippen molar-refractivity contribution in [1.82, 2.24) is 4.90 Å². The van der Waals surface area contributed by atoms with E-state index in [-0.39, 0.29) is 5.91 Å². The molecule has 2 aromatic rings. The van der Waals surface area contributed by atoms with Gasteiger partial charge in [-0.05, 0) is 35.7 Å². The first kappa shape index (κ1) is 15.6. The Labute approximate surface area is 133 Å². The van der Waals surface area contributed by atoms with Crippen LogP contribution in [-0.4, -0.2) is 17.9 Å². The van der Waals surface area contributed by atoms with Crippen LogP contribution < -0.4 is 5.73 Å². The molecule has 0 spiro atoms. The molecule has 0 heterocycles. The van der Waals surface area contributed by atoms with Gasteiger partial charge in [0.15, 0.2) is 0 Å². The molecular formula is C17H19BrN2O. The van der Waals surface area contributed by atoms with Crippen molar-refractivity contribution < 1.29 is 4.79 Å². The van der Waals surface area contributed by atoms with Gasteiger partial charge in [0.2, 0.25) is 0 Å². The Balaban J connectivity index is 2.13. The van der Waals surface area contributed by atoms with Crippen LogP contribution in [-0.2, 0) is 13.0 Å². The van der Waals surface area contributed by atoms with E-state index in [4.69, 9.17) is 5.73 Å². The van der Waals surface area contributed by atoms with Crippen LogP contribution in [0.5, 0.6) is 0 Å². The zero-order chi connectivity index (χ0) is 15.4. The van der Waals surface area contributed by atoms with Crippen molar-refractivity contribution in [2.45, 2.75) is 19.9 Å². The molecule has 2 rings (SSSR count). The Morgan fingerprint density at radius 1 is 1.14 bits per heavy atom. The first-order valence-electron chi connectivity index (χ1n) is 6.89. The number of rotatable bonds is 4. The zero-order valence-corrected chi connectivity index (χ0v) is 13.9. The summed E-state index contributed by atoms with van der Waals surface area (Å²) in [6.45, 7) is 2.69. The van der Waals surface area contributed by atoms with Crippen LogP contribution in [0, 0.1) is 0 Å². The van der Waals surface area contributed by atoms with Gasteiger partial charge in [0.1, 0.15) is 0 Å². The van der Waals surface area contributed by atoms with Crippen molar-refractivity contribution in [3.8, 4) is 0 Å². The van der Waals surface area contributed by atoms with Gasteiger partial charge in [0, 0.05) is 23.8 Å². The summed E-state index contributed by atoms with van der Waals surface area (Å²) in [4.78, 5) is 14.1. The van der Waals surface area contributed by atoms with Crippen molar-refractivity contribution in [3.05, 3.63) is 63.6 Å². The second-order valence-corrected chi connectivity index (χ2v) is 5.98. The van der Waals surface area contributed by atoms with Gasteiger partial charge in [0.25, 0.3) is 5.91 Å². The molecule has 3 nitrogen and oxygen atoms in total. The van der Waals surface area contributed by atoms with Crippen LogP contribution in [0.1, 0.15) is 28.4 Å². The minimum atomic E-state index is -0.0756. The topological polar surface area (TPSA) is 46.3 Å². The summed E-state index contributed by atoms with van der Waals surface area (Å²) in [6.07, 6.45) is 1.02. The number of nitrogens with zero attached hydrogens (tertiary/aromatic N) is 1. The number of carbonyl (C=O) groups is 1. The lowest BCUT2D eigenvalue weighted by atomic mass is 10.1. The third-order valence-electron chi connectivity index (χ3n) is 3.44. The van der Waals surface area contributed by atoms with Gasteiger partial charge in [0.05, 0.1) is 5.56 Å². The average Bonchev–Trinajstić information content (AvgIpc) is 2.49. The average molecular weight is 347 g/mol. The second kappa shape index (κ2) is 6.76. The van der Waals surface area contributed by atoms with E-state index >= 15 is 0 Å². The summed E-state index contributed by atoms with van der Waals surface area (Å²) in [5.41, 5.74) is 9.32. The van der Waals surface area contributed by atoms with E-state index in [9.17, 15) is 4.79 Å². The summed E-state index contributed by atoms with van der Waals surface area (Å²) in [5.74, 6) is -0.0756. The number of carbonyl (C=O) groups excluding carboxylic acids is 1. The van der Waals surface area contributed by atoms with E-state index in [1.54, 1.807) is 24.1 Å². The molecule has 0 aromatic heterocycles. The zero-order valence-electron chi connectivity index (χ0n) is 12.3. The number of anilines is 1. The Kier molecular flexibility index (Phi) is 5.02. The summed E-state index contributed by atoms with van der Waals surface area (Å²) in [5, 5.41) is 0. The Morgan fingerprint density at radius 3 is 2.38 bits per heavy atom. The molecule has 0 saturated heterocycles. The molecule has 2 N–H and O–H groups in total. The third-order valence-corrected chi connectivity index (χ3v) is 3.94. The van der Waals surface area contributed by atoms with E-state index in [1.165, 1.54) is 5.56 Å². The van der Waals surface area contributed by atoms with Crippen LogP contribution in [0.3, 0.4) is 0 Å². The second-order valence-electron chi connectivity index (χ2n) is 5.06. The van der Waals surface area contributed by atoms with Gasteiger partial charge in [-0.25, -0.2) is 0 Å². The predicted molar refractivity (Wildman–Crippen MR) is 90.2 cm³/mol. The monoisotopic (exact) mass is 346 g/mol. The molecule has 1 amide bonds. The quantitative estimate of drug-likeness (QED) is 0.854.